The normalized spacial score (nSPS) is 13.0. The van der Waals surface area contributed by atoms with Crippen molar-refractivity contribution in [1.82, 2.24) is 14.9 Å². The molecule has 90 valence electrons. The molecule has 5 nitrogen and oxygen atoms in total. The average Bonchev–Trinajstić information content (AvgIpc) is 2.62. The molecule has 1 rings (SSSR count). The van der Waals surface area contributed by atoms with Gasteiger partial charge in [-0.15, -0.1) is 0 Å². The second-order valence-electron chi connectivity index (χ2n) is 4.17. The van der Waals surface area contributed by atoms with Gasteiger partial charge in [0.1, 0.15) is 6.04 Å². The number of hydrogen-bond donors (Lipinski definition) is 2. The molecular formula is C11H20N4O. The highest BCUT2D eigenvalue weighted by molar-refractivity contribution is 5.80. The highest BCUT2D eigenvalue weighted by Gasteiger charge is 2.21. The number of primary amides is 1. The van der Waals surface area contributed by atoms with Gasteiger partial charge < -0.3 is 10.3 Å². The first-order valence-electron chi connectivity index (χ1n) is 5.61. The second kappa shape index (κ2) is 5.65. The van der Waals surface area contributed by atoms with Crippen LogP contribution in [0.3, 0.4) is 0 Å². The molecule has 0 aliphatic heterocycles. The van der Waals surface area contributed by atoms with Crippen molar-refractivity contribution in [2.75, 3.05) is 0 Å². The molecule has 1 aromatic rings. The Balaban J connectivity index is 2.91. The first kappa shape index (κ1) is 12.7. The molecule has 0 saturated carbocycles. The zero-order chi connectivity index (χ0) is 12.1. The molecule has 3 N–H and O–H groups in total. The molecule has 0 aliphatic carbocycles. The molecule has 0 fully saturated rings. The summed E-state index contributed by atoms with van der Waals surface area (Å²) in [5.74, 6) is -0.369. The van der Waals surface area contributed by atoms with Crippen LogP contribution in [0, 0.1) is 0 Å². The largest absolute Gasteiger partial charge is 0.368 e. The van der Waals surface area contributed by atoms with Crippen molar-refractivity contribution in [3.8, 4) is 0 Å². The molecule has 0 aromatic carbocycles. The summed E-state index contributed by atoms with van der Waals surface area (Å²) in [4.78, 5) is 15.5. The van der Waals surface area contributed by atoms with E-state index in [2.05, 4.69) is 17.2 Å². The zero-order valence-electron chi connectivity index (χ0n) is 10.1. The molecule has 1 unspecified atom stereocenters. The third kappa shape index (κ3) is 3.06. The lowest BCUT2D eigenvalue weighted by molar-refractivity contribution is -0.120. The minimum Gasteiger partial charge on any atom is -0.368 e. The van der Waals surface area contributed by atoms with Gasteiger partial charge in [-0.1, -0.05) is 6.92 Å². The molecule has 0 spiro atoms. The summed E-state index contributed by atoms with van der Waals surface area (Å²) < 4.78 is 1.96. The van der Waals surface area contributed by atoms with Gasteiger partial charge in [-0.05, 0) is 20.3 Å². The van der Waals surface area contributed by atoms with E-state index in [0.717, 1.165) is 18.7 Å². The number of aryl methyl sites for hydroxylation is 1. The van der Waals surface area contributed by atoms with Crippen LogP contribution in [0.2, 0.25) is 0 Å². The summed E-state index contributed by atoms with van der Waals surface area (Å²) in [5, 5.41) is 3.15. The van der Waals surface area contributed by atoms with Gasteiger partial charge in [0.05, 0.1) is 18.2 Å². The zero-order valence-corrected chi connectivity index (χ0v) is 10.1. The van der Waals surface area contributed by atoms with E-state index in [1.54, 1.807) is 12.5 Å². The number of hydrogen-bond acceptors (Lipinski definition) is 3. The number of amides is 1. The van der Waals surface area contributed by atoms with E-state index in [0.29, 0.717) is 0 Å². The maximum Gasteiger partial charge on any atom is 0.240 e. The van der Waals surface area contributed by atoms with E-state index >= 15 is 0 Å². The molecule has 0 aliphatic rings. The molecule has 1 aromatic heterocycles. The minimum atomic E-state index is -0.464. The summed E-state index contributed by atoms with van der Waals surface area (Å²) in [6.07, 6.45) is 4.42. The van der Waals surface area contributed by atoms with Crippen LogP contribution in [0.1, 0.15) is 38.9 Å². The number of rotatable bonds is 6. The summed E-state index contributed by atoms with van der Waals surface area (Å²) in [7, 11) is 0. The molecule has 1 amide bonds. The number of aromatic nitrogens is 2. The fraction of sp³-hybridized carbons (Fsp3) is 0.636. The van der Waals surface area contributed by atoms with Gasteiger partial charge in [-0.25, -0.2) is 4.98 Å². The molecule has 0 saturated heterocycles. The first-order chi connectivity index (χ1) is 7.56. The van der Waals surface area contributed by atoms with Crippen molar-refractivity contribution in [2.24, 2.45) is 5.73 Å². The highest BCUT2D eigenvalue weighted by atomic mass is 16.1. The van der Waals surface area contributed by atoms with Gasteiger partial charge in [-0.3, -0.25) is 10.1 Å². The molecule has 5 heteroatoms. The predicted molar refractivity (Wildman–Crippen MR) is 62.7 cm³/mol. The van der Waals surface area contributed by atoms with E-state index in [9.17, 15) is 4.79 Å². The van der Waals surface area contributed by atoms with E-state index < -0.39 is 6.04 Å². The summed E-state index contributed by atoms with van der Waals surface area (Å²) in [6.45, 7) is 6.89. The summed E-state index contributed by atoms with van der Waals surface area (Å²) in [5.41, 5.74) is 6.23. The average molecular weight is 224 g/mol. The van der Waals surface area contributed by atoms with E-state index in [1.165, 1.54) is 0 Å². The van der Waals surface area contributed by atoms with Gasteiger partial charge in [-0.2, -0.15) is 0 Å². The maximum absolute atomic E-state index is 11.4. The highest BCUT2D eigenvalue weighted by Crippen LogP contribution is 2.13. The van der Waals surface area contributed by atoms with Crippen LogP contribution in [0.15, 0.2) is 12.5 Å². The second-order valence-corrected chi connectivity index (χ2v) is 4.17. The Morgan fingerprint density at radius 3 is 2.81 bits per heavy atom. The molecular weight excluding hydrogens is 204 g/mol. The third-order valence-electron chi connectivity index (χ3n) is 2.29. The van der Waals surface area contributed by atoms with Gasteiger partial charge >= 0.3 is 0 Å². The Labute approximate surface area is 96.0 Å². The molecule has 0 bridgehead atoms. The van der Waals surface area contributed by atoms with Gasteiger partial charge in [0.25, 0.3) is 0 Å². The van der Waals surface area contributed by atoms with Crippen molar-refractivity contribution < 1.29 is 4.79 Å². The van der Waals surface area contributed by atoms with Gasteiger partial charge in [0.15, 0.2) is 0 Å². The number of nitrogens with one attached hydrogen (secondary N) is 1. The number of nitrogens with zero attached hydrogens (tertiary/aromatic N) is 2. The quantitative estimate of drug-likeness (QED) is 0.751. The van der Waals surface area contributed by atoms with Crippen LogP contribution in [0.25, 0.3) is 0 Å². The van der Waals surface area contributed by atoms with E-state index in [4.69, 9.17) is 5.73 Å². The van der Waals surface area contributed by atoms with Crippen LogP contribution in [-0.4, -0.2) is 21.5 Å². The van der Waals surface area contributed by atoms with Crippen LogP contribution in [-0.2, 0) is 11.3 Å². The Morgan fingerprint density at radius 1 is 1.62 bits per heavy atom. The molecule has 1 atom stereocenters. The van der Waals surface area contributed by atoms with Crippen molar-refractivity contribution in [1.29, 1.82) is 0 Å². The fourth-order valence-corrected chi connectivity index (χ4v) is 1.65. The lowest BCUT2D eigenvalue weighted by atomic mass is 10.2. The van der Waals surface area contributed by atoms with Gasteiger partial charge in [0.2, 0.25) is 5.91 Å². The SMILES string of the molecule is CCCn1cncc1C(NC(C)C)C(N)=O. The lowest BCUT2D eigenvalue weighted by Crippen LogP contribution is -2.38. The smallest absolute Gasteiger partial charge is 0.240 e. The van der Waals surface area contributed by atoms with Crippen LogP contribution < -0.4 is 11.1 Å². The first-order valence-corrected chi connectivity index (χ1v) is 5.61. The Bertz CT molecular complexity index is 346. The van der Waals surface area contributed by atoms with Crippen LogP contribution in [0.4, 0.5) is 0 Å². The number of carbonyl (C=O) groups excluding carboxylic acids is 1. The maximum atomic E-state index is 11.4. The Morgan fingerprint density at radius 2 is 2.31 bits per heavy atom. The third-order valence-corrected chi connectivity index (χ3v) is 2.29. The van der Waals surface area contributed by atoms with Crippen molar-refractivity contribution in [3.63, 3.8) is 0 Å². The monoisotopic (exact) mass is 224 g/mol. The molecule has 16 heavy (non-hydrogen) atoms. The summed E-state index contributed by atoms with van der Waals surface area (Å²) in [6, 6.07) is -0.267. The van der Waals surface area contributed by atoms with Crippen molar-refractivity contribution in [3.05, 3.63) is 18.2 Å². The Kier molecular flexibility index (Phi) is 4.49. The molecule has 0 radical (unpaired) electrons. The Hall–Kier alpha value is -1.36. The van der Waals surface area contributed by atoms with E-state index in [1.807, 2.05) is 18.4 Å². The topological polar surface area (TPSA) is 72.9 Å². The minimum absolute atomic E-state index is 0.197. The fourth-order valence-electron chi connectivity index (χ4n) is 1.65. The van der Waals surface area contributed by atoms with Crippen molar-refractivity contribution >= 4 is 5.91 Å². The van der Waals surface area contributed by atoms with E-state index in [-0.39, 0.29) is 11.9 Å². The number of nitrogens with two attached hydrogens (primary N) is 1. The summed E-state index contributed by atoms with van der Waals surface area (Å²) >= 11 is 0. The predicted octanol–water partition coefficient (Wildman–Crippen LogP) is 0.817. The van der Waals surface area contributed by atoms with Crippen LogP contribution >= 0.6 is 0 Å². The van der Waals surface area contributed by atoms with Crippen LogP contribution in [0.5, 0.6) is 0 Å². The molecule has 1 heterocycles. The number of imidazole rings is 1. The van der Waals surface area contributed by atoms with Gasteiger partial charge in [0, 0.05) is 12.6 Å². The standard InChI is InChI=1S/C11H20N4O/c1-4-5-15-7-13-6-9(15)10(11(12)16)14-8(2)3/h6-8,10,14H,4-5H2,1-3H3,(H2,12,16). The van der Waals surface area contributed by atoms with Crippen molar-refractivity contribution in [2.45, 2.75) is 45.8 Å². The number of carbonyl (C=O) groups is 1. The lowest BCUT2D eigenvalue weighted by Gasteiger charge is -2.19.